The van der Waals surface area contributed by atoms with Crippen molar-refractivity contribution in [2.45, 2.75) is 54.4 Å². The Balaban J connectivity index is 1.70. The molecule has 1 aliphatic rings. The summed E-state index contributed by atoms with van der Waals surface area (Å²) in [5.41, 5.74) is -2.74. The van der Waals surface area contributed by atoms with Crippen LogP contribution in [0, 0.1) is 0 Å². The summed E-state index contributed by atoms with van der Waals surface area (Å²) in [6, 6.07) is 8.38. The molecule has 1 saturated heterocycles. The van der Waals surface area contributed by atoms with Gasteiger partial charge in [0.05, 0.1) is 19.3 Å². The Kier molecular flexibility index (Phi) is 8.07. The normalized spacial score (nSPS) is 18.8. The standard InChI is InChI=1S/C21H28F3N3O4S2/c1-14(26-18-12-31-13-18)10-17(11-25-33(29,30)19-4-3-9-32-19)27-16-7-5-15(6-8-16)20(2,28)21(22,23)24/h3-9,14,17-18,25-28H,10-13H2,1-2H3/t14-,17+,20+/m1/s1. The van der Waals surface area contributed by atoms with Gasteiger partial charge in [-0.25, -0.2) is 13.1 Å². The molecule has 0 unspecified atom stereocenters. The van der Waals surface area contributed by atoms with Gasteiger partial charge in [0.2, 0.25) is 10.0 Å². The van der Waals surface area contributed by atoms with Gasteiger partial charge in [0.1, 0.15) is 4.21 Å². The van der Waals surface area contributed by atoms with Crippen LogP contribution in [-0.4, -0.2) is 57.6 Å². The van der Waals surface area contributed by atoms with E-state index in [0.717, 1.165) is 11.3 Å². The molecule has 3 atom stereocenters. The first-order valence-corrected chi connectivity index (χ1v) is 12.8. The summed E-state index contributed by atoms with van der Waals surface area (Å²) in [7, 11) is -3.67. The van der Waals surface area contributed by atoms with E-state index in [2.05, 4.69) is 15.4 Å². The summed E-state index contributed by atoms with van der Waals surface area (Å²) in [5.74, 6) is 0. The van der Waals surface area contributed by atoms with Crippen molar-refractivity contribution in [3.8, 4) is 0 Å². The number of rotatable bonds is 11. The van der Waals surface area contributed by atoms with E-state index in [1.807, 2.05) is 6.92 Å². The molecule has 0 aliphatic carbocycles. The fraction of sp³-hybridized carbons (Fsp3) is 0.524. The van der Waals surface area contributed by atoms with Gasteiger partial charge in [-0.15, -0.1) is 11.3 Å². The van der Waals surface area contributed by atoms with Gasteiger partial charge in [0.25, 0.3) is 0 Å². The molecule has 184 valence electrons. The van der Waals surface area contributed by atoms with Gasteiger partial charge in [-0.3, -0.25) is 0 Å². The van der Waals surface area contributed by atoms with Gasteiger partial charge >= 0.3 is 6.18 Å². The number of aliphatic hydroxyl groups is 1. The fourth-order valence-electron chi connectivity index (χ4n) is 3.41. The van der Waals surface area contributed by atoms with E-state index in [9.17, 15) is 26.7 Å². The number of benzene rings is 1. The maximum atomic E-state index is 13.1. The van der Waals surface area contributed by atoms with Crippen LogP contribution in [0.1, 0.15) is 25.8 Å². The molecule has 0 bridgehead atoms. The van der Waals surface area contributed by atoms with E-state index >= 15 is 0 Å². The van der Waals surface area contributed by atoms with E-state index in [1.54, 1.807) is 11.4 Å². The van der Waals surface area contributed by atoms with Crippen molar-refractivity contribution in [1.29, 1.82) is 0 Å². The molecule has 12 heteroatoms. The summed E-state index contributed by atoms with van der Waals surface area (Å²) in [4.78, 5) is 0. The average molecular weight is 508 g/mol. The molecule has 3 rings (SSSR count). The molecule has 0 saturated carbocycles. The lowest BCUT2D eigenvalue weighted by Gasteiger charge is -2.32. The molecule has 1 aliphatic heterocycles. The minimum atomic E-state index is -4.81. The summed E-state index contributed by atoms with van der Waals surface area (Å²) < 4.78 is 72.3. The van der Waals surface area contributed by atoms with Crippen molar-refractivity contribution in [1.82, 2.24) is 10.0 Å². The van der Waals surface area contributed by atoms with E-state index in [0.29, 0.717) is 32.2 Å². The van der Waals surface area contributed by atoms with Crippen LogP contribution in [0.3, 0.4) is 0 Å². The Hall–Kier alpha value is -1.70. The highest BCUT2D eigenvalue weighted by Crippen LogP contribution is 2.38. The van der Waals surface area contributed by atoms with E-state index < -0.39 is 21.8 Å². The molecule has 2 aromatic rings. The maximum absolute atomic E-state index is 13.1. The van der Waals surface area contributed by atoms with Crippen LogP contribution in [0.25, 0.3) is 0 Å². The highest BCUT2D eigenvalue weighted by molar-refractivity contribution is 7.91. The molecular weight excluding hydrogens is 479 g/mol. The van der Waals surface area contributed by atoms with Gasteiger partial charge in [-0.2, -0.15) is 13.2 Å². The van der Waals surface area contributed by atoms with Crippen molar-refractivity contribution in [2.75, 3.05) is 25.1 Å². The molecule has 0 spiro atoms. The lowest BCUT2D eigenvalue weighted by Crippen LogP contribution is -2.51. The molecule has 4 N–H and O–H groups in total. The number of hydrogen-bond donors (Lipinski definition) is 4. The molecule has 33 heavy (non-hydrogen) atoms. The zero-order valence-corrected chi connectivity index (χ0v) is 19.9. The second-order valence-corrected chi connectivity index (χ2v) is 11.3. The second-order valence-electron chi connectivity index (χ2n) is 8.31. The number of sulfonamides is 1. The third-order valence-corrected chi connectivity index (χ3v) is 8.27. The number of nitrogens with one attached hydrogen (secondary N) is 3. The average Bonchev–Trinajstić information content (AvgIpc) is 3.24. The van der Waals surface area contributed by atoms with Crippen LogP contribution in [0.4, 0.5) is 18.9 Å². The van der Waals surface area contributed by atoms with Crippen LogP contribution < -0.4 is 15.4 Å². The molecule has 1 aromatic carbocycles. The van der Waals surface area contributed by atoms with Gasteiger partial charge in [-0.05, 0) is 49.4 Å². The molecule has 7 nitrogen and oxygen atoms in total. The lowest BCUT2D eigenvalue weighted by molar-refractivity contribution is -0.258. The molecular formula is C21H28F3N3O4S2. The first kappa shape index (κ1) is 25.9. The number of hydrogen-bond acceptors (Lipinski definition) is 7. The summed E-state index contributed by atoms with van der Waals surface area (Å²) in [5, 5.41) is 18.1. The van der Waals surface area contributed by atoms with E-state index in [-0.39, 0.29) is 34.4 Å². The Bertz CT molecular complexity index is 993. The first-order valence-electron chi connectivity index (χ1n) is 10.4. The summed E-state index contributed by atoms with van der Waals surface area (Å²) in [6.07, 6.45) is -4.26. The predicted octanol–water partition coefficient (Wildman–Crippen LogP) is 3.04. The SMILES string of the molecule is C[C@H](C[C@@H](CNS(=O)(=O)c1cccs1)Nc1ccc([C@](C)(O)C(F)(F)F)cc1)NC1COC1. The van der Waals surface area contributed by atoms with Crippen molar-refractivity contribution >= 4 is 27.0 Å². The maximum Gasteiger partial charge on any atom is 0.421 e. The van der Waals surface area contributed by atoms with E-state index in [1.165, 1.54) is 30.3 Å². The Morgan fingerprint density at radius 2 is 1.88 bits per heavy atom. The number of halogens is 3. The Morgan fingerprint density at radius 1 is 1.21 bits per heavy atom. The van der Waals surface area contributed by atoms with Crippen LogP contribution in [0.15, 0.2) is 46.0 Å². The smallest absolute Gasteiger partial charge is 0.381 e. The van der Waals surface area contributed by atoms with Gasteiger partial charge < -0.3 is 20.5 Å². The summed E-state index contributed by atoms with van der Waals surface area (Å²) >= 11 is 1.11. The minimum absolute atomic E-state index is 0.0351. The van der Waals surface area contributed by atoms with Gasteiger partial charge in [-0.1, -0.05) is 18.2 Å². The molecule has 2 heterocycles. The summed E-state index contributed by atoms with van der Waals surface area (Å²) in [6.45, 7) is 4.00. The van der Waals surface area contributed by atoms with Crippen LogP contribution in [-0.2, 0) is 20.4 Å². The van der Waals surface area contributed by atoms with Crippen LogP contribution in [0.5, 0.6) is 0 Å². The van der Waals surface area contributed by atoms with Crippen molar-refractivity contribution in [3.05, 3.63) is 47.3 Å². The predicted molar refractivity (Wildman–Crippen MR) is 121 cm³/mol. The van der Waals surface area contributed by atoms with Crippen molar-refractivity contribution in [3.63, 3.8) is 0 Å². The number of anilines is 1. The van der Waals surface area contributed by atoms with Gasteiger partial charge in [0, 0.05) is 24.3 Å². The quantitative estimate of drug-likeness (QED) is 0.373. The third kappa shape index (κ3) is 6.67. The Labute approximate surface area is 195 Å². The van der Waals surface area contributed by atoms with Gasteiger partial charge in [0.15, 0.2) is 5.60 Å². The Morgan fingerprint density at radius 3 is 2.39 bits per heavy atom. The van der Waals surface area contributed by atoms with Crippen molar-refractivity contribution in [2.24, 2.45) is 0 Å². The highest BCUT2D eigenvalue weighted by atomic mass is 32.2. The van der Waals surface area contributed by atoms with Crippen LogP contribution in [0.2, 0.25) is 0 Å². The fourth-order valence-corrected chi connectivity index (χ4v) is 5.53. The van der Waals surface area contributed by atoms with Crippen molar-refractivity contribution < 1.29 is 31.4 Å². The monoisotopic (exact) mass is 507 g/mol. The second kappa shape index (κ2) is 10.3. The molecule has 0 amide bonds. The lowest BCUT2D eigenvalue weighted by atomic mass is 9.95. The molecule has 1 fully saturated rings. The molecule has 1 aromatic heterocycles. The zero-order valence-electron chi connectivity index (χ0n) is 18.2. The largest absolute Gasteiger partial charge is 0.421 e. The number of ether oxygens (including phenoxy) is 1. The minimum Gasteiger partial charge on any atom is -0.381 e. The number of thiophene rings is 1. The van der Waals surface area contributed by atoms with E-state index in [4.69, 9.17) is 4.74 Å². The zero-order chi connectivity index (χ0) is 24.3. The first-order chi connectivity index (χ1) is 15.4. The topological polar surface area (TPSA) is 99.7 Å². The number of alkyl halides is 3. The van der Waals surface area contributed by atoms with Crippen LogP contribution >= 0.6 is 11.3 Å². The third-order valence-electron chi connectivity index (χ3n) is 5.45. The molecule has 0 radical (unpaired) electrons. The highest BCUT2D eigenvalue weighted by Gasteiger charge is 2.51.